The molecule has 0 N–H and O–H groups in total. The topological polar surface area (TPSA) is 0 Å². The molecule has 1 aromatic rings. The van der Waals surface area contributed by atoms with Crippen LogP contribution in [0.2, 0.25) is 0 Å². The van der Waals surface area contributed by atoms with E-state index < -0.39 is 0 Å². The van der Waals surface area contributed by atoms with E-state index in [0.29, 0.717) is 0 Å². The maximum Gasteiger partial charge on any atom is 0.0184 e. The van der Waals surface area contributed by atoms with Crippen LogP contribution < -0.4 is 0 Å². The van der Waals surface area contributed by atoms with Gasteiger partial charge in [0.05, 0.1) is 0 Å². The molecule has 1 rings (SSSR count). The molecule has 0 radical (unpaired) electrons. The van der Waals surface area contributed by atoms with Crippen molar-refractivity contribution in [3.8, 4) is 0 Å². The summed E-state index contributed by atoms with van der Waals surface area (Å²) in [6.45, 7) is 4.62. The second-order valence-electron chi connectivity index (χ2n) is 14.5. The molecule has 0 heterocycles. The van der Waals surface area contributed by atoms with Gasteiger partial charge >= 0.3 is 0 Å². The van der Waals surface area contributed by atoms with E-state index in [2.05, 4.69) is 61.6 Å². The summed E-state index contributed by atoms with van der Waals surface area (Å²) in [7, 11) is 0. The average molecular weight is 675 g/mol. The van der Waals surface area contributed by atoms with E-state index in [1.54, 1.807) is 0 Å². The smallest absolute Gasteiger partial charge is 0.0184 e. The third kappa shape index (κ3) is 32.5. The predicted molar refractivity (Wildman–Crippen MR) is 218 cm³/mol. The molecule has 0 amide bonds. The maximum atomic E-state index is 2.47. The summed E-state index contributed by atoms with van der Waals surface area (Å²) in [4.78, 5) is 0. The maximum absolute atomic E-state index is 2.47. The predicted octanol–water partition coefficient (Wildman–Crippen LogP) is 16.7. The molecule has 0 atom stereocenters. The number of rotatable bonds is 38. The van der Waals surface area contributed by atoms with Crippen LogP contribution in [-0.4, -0.2) is 11.5 Å². The van der Waals surface area contributed by atoms with E-state index in [9.17, 15) is 0 Å². The van der Waals surface area contributed by atoms with Crippen molar-refractivity contribution in [3.05, 3.63) is 35.4 Å². The van der Waals surface area contributed by atoms with Gasteiger partial charge in [-0.15, -0.1) is 0 Å². The standard InChI is InChI=1S/C44H82S2/c1-3-5-7-9-11-13-15-17-19-21-23-25-27-29-31-33-38-45-41-43-36-35-37-44(40-43)42-46-39-34-32-30-28-26-24-22-20-18-16-14-12-10-8-6-4-2/h35-37,40H,3-34,38-39,41-42H2,1-2H3. The zero-order chi connectivity index (χ0) is 32.9. The van der Waals surface area contributed by atoms with E-state index in [0.717, 1.165) is 0 Å². The Morgan fingerprint density at radius 1 is 0.326 bits per heavy atom. The minimum Gasteiger partial charge on any atom is -0.157 e. The Hall–Kier alpha value is -0.0800. The molecule has 0 aliphatic rings. The Labute approximate surface area is 300 Å². The lowest BCUT2D eigenvalue weighted by molar-refractivity contribution is 0.531. The highest BCUT2D eigenvalue weighted by molar-refractivity contribution is 7.98. The molecule has 0 aromatic heterocycles. The highest BCUT2D eigenvalue weighted by Gasteiger charge is 2.00. The molecule has 270 valence electrons. The summed E-state index contributed by atoms with van der Waals surface area (Å²) >= 11 is 4.29. The van der Waals surface area contributed by atoms with Gasteiger partial charge in [-0.1, -0.05) is 231 Å². The number of unbranched alkanes of at least 4 members (excludes halogenated alkanes) is 30. The second-order valence-corrected chi connectivity index (χ2v) is 16.7. The van der Waals surface area contributed by atoms with Crippen LogP contribution in [0.1, 0.15) is 230 Å². The summed E-state index contributed by atoms with van der Waals surface area (Å²) in [5.41, 5.74) is 3.06. The molecule has 0 unspecified atom stereocenters. The average Bonchev–Trinajstić information content (AvgIpc) is 3.07. The van der Waals surface area contributed by atoms with Gasteiger partial charge in [-0.25, -0.2) is 0 Å². The summed E-state index contributed by atoms with van der Waals surface area (Å²) in [6, 6.07) is 9.44. The van der Waals surface area contributed by atoms with Gasteiger partial charge in [0.1, 0.15) is 0 Å². The van der Waals surface area contributed by atoms with Crippen molar-refractivity contribution in [3.63, 3.8) is 0 Å². The van der Waals surface area contributed by atoms with Gasteiger partial charge in [-0.05, 0) is 35.5 Å². The Morgan fingerprint density at radius 3 is 0.826 bits per heavy atom. The van der Waals surface area contributed by atoms with Gasteiger partial charge in [-0.2, -0.15) is 23.5 Å². The molecule has 46 heavy (non-hydrogen) atoms. The lowest BCUT2D eigenvalue weighted by atomic mass is 10.0. The summed E-state index contributed by atoms with van der Waals surface area (Å²) < 4.78 is 0. The quantitative estimate of drug-likeness (QED) is 0.0640. The SMILES string of the molecule is CCCCCCCCCCCCCCCCCCSCc1cccc(CSCCCCCCCCCCCCCCCCCC)c1. The first kappa shape index (κ1) is 43.9. The number of benzene rings is 1. The van der Waals surface area contributed by atoms with Crippen LogP contribution in [0, 0.1) is 0 Å². The van der Waals surface area contributed by atoms with Gasteiger partial charge in [0.25, 0.3) is 0 Å². The van der Waals surface area contributed by atoms with Crippen LogP contribution in [0.15, 0.2) is 24.3 Å². The van der Waals surface area contributed by atoms with Gasteiger partial charge in [-0.3, -0.25) is 0 Å². The van der Waals surface area contributed by atoms with Crippen molar-refractivity contribution in [2.75, 3.05) is 11.5 Å². The Morgan fingerprint density at radius 2 is 0.565 bits per heavy atom. The first-order valence-corrected chi connectivity index (χ1v) is 23.4. The van der Waals surface area contributed by atoms with Crippen LogP contribution in [0.25, 0.3) is 0 Å². The number of hydrogen-bond donors (Lipinski definition) is 0. The van der Waals surface area contributed by atoms with Crippen LogP contribution in [0.4, 0.5) is 0 Å². The van der Waals surface area contributed by atoms with Crippen molar-refractivity contribution < 1.29 is 0 Å². The van der Waals surface area contributed by atoms with Crippen molar-refractivity contribution in [1.82, 2.24) is 0 Å². The van der Waals surface area contributed by atoms with Crippen molar-refractivity contribution in [2.24, 2.45) is 0 Å². The van der Waals surface area contributed by atoms with E-state index in [1.807, 2.05) is 0 Å². The molecule has 0 aliphatic carbocycles. The molecule has 0 aliphatic heterocycles. The first-order chi connectivity index (χ1) is 22.9. The normalized spacial score (nSPS) is 11.5. The zero-order valence-corrected chi connectivity index (χ0v) is 33.2. The first-order valence-electron chi connectivity index (χ1n) is 21.1. The second kappa shape index (κ2) is 37.7. The largest absolute Gasteiger partial charge is 0.157 e. The van der Waals surface area contributed by atoms with Crippen molar-refractivity contribution in [2.45, 2.75) is 231 Å². The molecular formula is C44H82S2. The minimum absolute atomic E-state index is 1.19. The van der Waals surface area contributed by atoms with E-state index >= 15 is 0 Å². The van der Waals surface area contributed by atoms with Crippen LogP contribution in [-0.2, 0) is 11.5 Å². The highest BCUT2D eigenvalue weighted by Crippen LogP contribution is 2.21. The fraction of sp³-hybridized carbons (Fsp3) is 0.864. The third-order valence-corrected chi connectivity index (χ3v) is 12.0. The fourth-order valence-corrected chi connectivity index (χ4v) is 8.63. The Balaban J connectivity index is 1.82. The van der Waals surface area contributed by atoms with Crippen LogP contribution >= 0.6 is 23.5 Å². The lowest BCUT2D eigenvalue weighted by Gasteiger charge is -2.07. The lowest BCUT2D eigenvalue weighted by Crippen LogP contribution is -1.89. The molecule has 1 aromatic carbocycles. The third-order valence-electron chi connectivity index (χ3n) is 9.81. The number of thioether (sulfide) groups is 2. The van der Waals surface area contributed by atoms with E-state index in [4.69, 9.17) is 0 Å². The van der Waals surface area contributed by atoms with E-state index in [-0.39, 0.29) is 0 Å². The van der Waals surface area contributed by atoms with Gasteiger partial charge in [0, 0.05) is 11.5 Å². The van der Waals surface area contributed by atoms with Gasteiger partial charge < -0.3 is 0 Å². The summed E-state index contributed by atoms with van der Waals surface area (Å²) in [5.74, 6) is 5.04. The van der Waals surface area contributed by atoms with Crippen LogP contribution in [0.3, 0.4) is 0 Å². The molecule has 0 saturated heterocycles. The molecule has 0 bridgehead atoms. The van der Waals surface area contributed by atoms with Crippen LogP contribution in [0.5, 0.6) is 0 Å². The van der Waals surface area contributed by atoms with Crippen molar-refractivity contribution >= 4 is 23.5 Å². The molecule has 0 spiro atoms. The summed E-state index contributed by atoms with van der Waals surface area (Å²) in [5, 5.41) is 0. The molecule has 0 saturated carbocycles. The Kier molecular flexibility index (Phi) is 36.0. The molecule has 0 nitrogen and oxygen atoms in total. The minimum atomic E-state index is 1.19. The monoisotopic (exact) mass is 675 g/mol. The molecule has 0 fully saturated rings. The highest BCUT2D eigenvalue weighted by atomic mass is 32.2. The molecule has 2 heteroatoms. The van der Waals surface area contributed by atoms with Gasteiger partial charge in [0.15, 0.2) is 0 Å². The molecular weight excluding hydrogens is 593 g/mol. The summed E-state index contributed by atoms with van der Waals surface area (Å²) in [6.07, 6.45) is 46.6. The fourth-order valence-electron chi connectivity index (χ4n) is 6.69. The van der Waals surface area contributed by atoms with Crippen molar-refractivity contribution in [1.29, 1.82) is 0 Å². The zero-order valence-electron chi connectivity index (χ0n) is 31.6. The van der Waals surface area contributed by atoms with Gasteiger partial charge in [0.2, 0.25) is 0 Å². The van der Waals surface area contributed by atoms with E-state index in [1.165, 1.54) is 240 Å². The Bertz CT molecular complexity index is 646. The number of hydrogen-bond acceptors (Lipinski definition) is 2.